The third kappa shape index (κ3) is 4.83. The molecule has 1 aliphatic heterocycles. The molecule has 0 aliphatic carbocycles. The van der Waals surface area contributed by atoms with E-state index in [1.807, 2.05) is 33.0 Å². The van der Waals surface area contributed by atoms with Crippen LogP contribution in [0.1, 0.15) is 30.9 Å². The molecule has 1 aliphatic rings. The Bertz CT molecular complexity index is 869. The molecular formula is C21H29N3O3S. The summed E-state index contributed by atoms with van der Waals surface area (Å²) in [7, 11) is -3.53. The van der Waals surface area contributed by atoms with Crippen LogP contribution in [0.25, 0.3) is 0 Å². The van der Waals surface area contributed by atoms with Gasteiger partial charge in [0.05, 0.1) is 23.4 Å². The third-order valence-electron chi connectivity index (χ3n) is 5.22. The second-order valence-corrected chi connectivity index (χ2v) is 9.08. The molecule has 3 rings (SSSR count). The first-order valence-corrected chi connectivity index (χ1v) is 11.3. The van der Waals surface area contributed by atoms with Crippen LogP contribution < -0.4 is 14.4 Å². The Morgan fingerprint density at radius 1 is 1.21 bits per heavy atom. The van der Waals surface area contributed by atoms with Gasteiger partial charge in [0.25, 0.3) is 0 Å². The number of hydrogen-bond donors (Lipinski definition) is 1. The van der Waals surface area contributed by atoms with Crippen LogP contribution in [0.4, 0.5) is 5.69 Å². The van der Waals surface area contributed by atoms with E-state index < -0.39 is 10.0 Å². The van der Waals surface area contributed by atoms with Crippen molar-refractivity contribution >= 4 is 15.7 Å². The van der Waals surface area contributed by atoms with E-state index in [4.69, 9.17) is 4.74 Å². The smallest absolute Gasteiger partial charge is 0.240 e. The summed E-state index contributed by atoms with van der Waals surface area (Å²) in [6.45, 7) is 8.54. The number of anilines is 1. The molecule has 1 saturated heterocycles. The molecule has 7 heteroatoms. The van der Waals surface area contributed by atoms with Crippen LogP contribution in [0.3, 0.4) is 0 Å². The number of aryl methyl sites for hydroxylation is 2. The first-order chi connectivity index (χ1) is 13.4. The highest BCUT2D eigenvalue weighted by Gasteiger charge is 2.23. The standard InChI is InChI=1S/C21H29N3O3S/c1-4-27-21-16(2)12-20(13-17(21)3)28(25,26)23-14-18-7-10-24(11-8-18)19-6-5-9-22-15-19/h5-6,9,12-13,15,18,23H,4,7-8,10-11,14H2,1-3H3. The Morgan fingerprint density at radius 2 is 1.89 bits per heavy atom. The number of rotatable bonds is 7. The number of aromatic nitrogens is 1. The highest BCUT2D eigenvalue weighted by Crippen LogP contribution is 2.27. The summed E-state index contributed by atoms with van der Waals surface area (Å²) in [5, 5.41) is 0. The van der Waals surface area contributed by atoms with Crippen LogP contribution in [0.15, 0.2) is 41.6 Å². The van der Waals surface area contributed by atoms with Crippen molar-refractivity contribution in [1.29, 1.82) is 0 Å². The molecule has 0 spiro atoms. The van der Waals surface area contributed by atoms with Crippen LogP contribution in [0.5, 0.6) is 5.75 Å². The number of hydrogen-bond acceptors (Lipinski definition) is 5. The van der Waals surface area contributed by atoms with E-state index >= 15 is 0 Å². The van der Waals surface area contributed by atoms with Crippen LogP contribution >= 0.6 is 0 Å². The first kappa shape index (κ1) is 20.6. The van der Waals surface area contributed by atoms with Gasteiger partial charge in [0, 0.05) is 25.8 Å². The summed E-state index contributed by atoms with van der Waals surface area (Å²) in [5.41, 5.74) is 2.81. The number of pyridine rings is 1. The fourth-order valence-corrected chi connectivity index (χ4v) is 4.97. The van der Waals surface area contributed by atoms with Crippen molar-refractivity contribution < 1.29 is 13.2 Å². The topological polar surface area (TPSA) is 71.5 Å². The number of piperidine rings is 1. The molecule has 0 saturated carbocycles. The average molecular weight is 404 g/mol. The van der Waals surface area contributed by atoms with E-state index in [-0.39, 0.29) is 0 Å². The van der Waals surface area contributed by atoms with Crippen molar-refractivity contribution in [3.05, 3.63) is 47.8 Å². The lowest BCUT2D eigenvalue weighted by molar-refractivity contribution is 0.335. The minimum absolute atomic E-state index is 0.304. The molecule has 0 atom stereocenters. The van der Waals surface area contributed by atoms with Gasteiger partial charge in [0.1, 0.15) is 5.75 Å². The molecule has 1 N–H and O–H groups in total. The molecule has 2 aromatic rings. The van der Waals surface area contributed by atoms with Crippen LogP contribution in [-0.2, 0) is 10.0 Å². The third-order valence-corrected chi connectivity index (χ3v) is 6.62. The zero-order valence-corrected chi connectivity index (χ0v) is 17.6. The van der Waals surface area contributed by atoms with E-state index in [1.165, 1.54) is 0 Å². The Morgan fingerprint density at radius 3 is 2.46 bits per heavy atom. The average Bonchev–Trinajstić information content (AvgIpc) is 2.70. The van der Waals surface area contributed by atoms with Gasteiger partial charge in [-0.05, 0) is 74.9 Å². The van der Waals surface area contributed by atoms with Crippen molar-refractivity contribution in [1.82, 2.24) is 9.71 Å². The molecule has 0 unspecified atom stereocenters. The molecule has 152 valence electrons. The highest BCUT2D eigenvalue weighted by molar-refractivity contribution is 7.89. The number of ether oxygens (including phenoxy) is 1. The Balaban J connectivity index is 1.59. The summed E-state index contributed by atoms with van der Waals surface area (Å²) in [6.07, 6.45) is 5.56. The van der Waals surface area contributed by atoms with E-state index in [1.54, 1.807) is 18.3 Å². The molecule has 1 aromatic heterocycles. The minimum Gasteiger partial charge on any atom is -0.493 e. The molecule has 0 bridgehead atoms. The zero-order valence-electron chi connectivity index (χ0n) is 16.8. The summed E-state index contributed by atoms with van der Waals surface area (Å²) >= 11 is 0. The van der Waals surface area contributed by atoms with Gasteiger partial charge < -0.3 is 9.64 Å². The predicted molar refractivity (Wildman–Crippen MR) is 111 cm³/mol. The van der Waals surface area contributed by atoms with Crippen molar-refractivity contribution in [2.24, 2.45) is 5.92 Å². The highest BCUT2D eigenvalue weighted by atomic mass is 32.2. The minimum atomic E-state index is -3.53. The second-order valence-electron chi connectivity index (χ2n) is 7.31. The van der Waals surface area contributed by atoms with E-state index in [9.17, 15) is 8.42 Å². The van der Waals surface area contributed by atoms with E-state index in [0.717, 1.165) is 48.5 Å². The van der Waals surface area contributed by atoms with Gasteiger partial charge in [0.15, 0.2) is 0 Å². The Labute approximate surface area is 168 Å². The van der Waals surface area contributed by atoms with Crippen molar-refractivity contribution in [2.45, 2.75) is 38.5 Å². The van der Waals surface area contributed by atoms with E-state index in [2.05, 4.69) is 20.7 Å². The van der Waals surface area contributed by atoms with Crippen LogP contribution in [0.2, 0.25) is 0 Å². The van der Waals surface area contributed by atoms with Gasteiger partial charge in [0.2, 0.25) is 10.0 Å². The van der Waals surface area contributed by atoms with Gasteiger partial charge >= 0.3 is 0 Å². The number of nitrogens with zero attached hydrogens (tertiary/aromatic N) is 2. The predicted octanol–water partition coefficient (Wildman–Crippen LogP) is 3.29. The molecular weight excluding hydrogens is 374 g/mol. The van der Waals surface area contributed by atoms with Crippen LogP contribution in [-0.4, -0.2) is 39.6 Å². The van der Waals surface area contributed by atoms with Crippen molar-refractivity contribution in [2.75, 3.05) is 31.1 Å². The van der Waals surface area contributed by atoms with Crippen molar-refractivity contribution in [3.63, 3.8) is 0 Å². The maximum Gasteiger partial charge on any atom is 0.240 e. The monoisotopic (exact) mass is 403 g/mol. The molecule has 0 radical (unpaired) electrons. The zero-order chi connectivity index (χ0) is 20.1. The lowest BCUT2D eigenvalue weighted by atomic mass is 9.97. The quantitative estimate of drug-likeness (QED) is 0.768. The number of benzene rings is 1. The van der Waals surface area contributed by atoms with Gasteiger partial charge in [-0.2, -0.15) is 0 Å². The molecule has 6 nitrogen and oxygen atoms in total. The summed E-state index contributed by atoms with van der Waals surface area (Å²) in [4.78, 5) is 6.78. The summed E-state index contributed by atoms with van der Waals surface area (Å²) < 4.78 is 33.9. The van der Waals surface area contributed by atoms with Gasteiger partial charge in [-0.15, -0.1) is 0 Å². The Hall–Kier alpha value is -2.12. The Kier molecular flexibility index (Phi) is 6.57. The molecule has 0 amide bonds. The fraction of sp³-hybridized carbons (Fsp3) is 0.476. The largest absolute Gasteiger partial charge is 0.493 e. The van der Waals surface area contributed by atoms with Crippen LogP contribution in [0, 0.1) is 19.8 Å². The van der Waals surface area contributed by atoms with Crippen molar-refractivity contribution in [3.8, 4) is 5.75 Å². The van der Waals surface area contributed by atoms with Gasteiger partial charge in [-0.25, -0.2) is 13.1 Å². The molecule has 2 heterocycles. The number of nitrogens with one attached hydrogen (secondary N) is 1. The van der Waals surface area contributed by atoms with Gasteiger partial charge in [-0.1, -0.05) is 0 Å². The maximum atomic E-state index is 12.8. The second kappa shape index (κ2) is 8.92. The lowest BCUT2D eigenvalue weighted by Gasteiger charge is -2.33. The summed E-state index contributed by atoms with van der Waals surface area (Å²) in [6, 6.07) is 7.37. The lowest BCUT2D eigenvalue weighted by Crippen LogP contribution is -2.38. The van der Waals surface area contributed by atoms with Gasteiger partial charge in [-0.3, -0.25) is 4.98 Å². The number of sulfonamides is 1. The maximum absolute atomic E-state index is 12.8. The van der Waals surface area contributed by atoms with E-state index in [0.29, 0.717) is 24.0 Å². The fourth-order valence-electron chi connectivity index (χ4n) is 3.68. The normalized spacial score (nSPS) is 15.6. The molecule has 1 fully saturated rings. The first-order valence-electron chi connectivity index (χ1n) is 9.79. The summed E-state index contributed by atoms with van der Waals surface area (Å²) in [5.74, 6) is 1.11. The SMILES string of the molecule is CCOc1c(C)cc(S(=O)(=O)NCC2CCN(c3cccnc3)CC2)cc1C. The molecule has 28 heavy (non-hydrogen) atoms. The molecule has 1 aromatic carbocycles.